The largest absolute Gasteiger partial charge is 0.433 e. The number of thiophene rings is 1. The minimum atomic E-state index is -4.56. The second kappa shape index (κ2) is 6.66. The summed E-state index contributed by atoms with van der Waals surface area (Å²) in [5.41, 5.74) is -0.0692. The first-order chi connectivity index (χ1) is 12.9. The third-order valence-electron chi connectivity index (χ3n) is 4.02. The highest BCUT2D eigenvalue weighted by Crippen LogP contribution is 2.32. The molecule has 0 saturated heterocycles. The number of pyridine rings is 1. The predicted octanol–water partition coefficient (Wildman–Crippen LogP) is 4.49. The Bertz CT molecular complexity index is 1060. The number of nitrogens with zero attached hydrogens (tertiary/aromatic N) is 3. The quantitative estimate of drug-likeness (QED) is 0.698. The number of rotatable bonds is 5. The molecule has 0 saturated carbocycles. The molecule has 0 radical (unpaired) electrons. The molecule has 0 fully saturated rings. The van der Waals surface area contributed by atoms with Crippen molar-refractivity contribution in [3.63, 3.8) is 0 Å². The molecule has 0 aromatic carbocycles. The van der Waals surface area contributed by atoms with E-state index >= 15 is 0 Å². The van der Waals surface area contributed by atoms with Crippen LogP contribution in [0.3, 0.4) is 0 Å². The predicted molar refractivity (Wildman–Crippen MR) is 97.2 cm³/mol. The summed E-state index contributed by atoms with van der Waals surface area (Å²) in [7, 11) is 0. The Labute approximate surface area is 155 Å². The fraction of sp³-hybridized carbons (Fsp3) is 0.167. The van der Waals surface area contributed by atoms with Crippen molar-refractivity contribution in [2.75, 3.05) is 5.32 Å². The number of hydrogen-bond acceptors (Lipinski definition) is 4. The van der Waals surface area contributed by atoms with Gasteiger partial charge in [-0.2, -0.15) is 13.2 Å². The van der Waals surface area contributed by atoms with Crippen molar-refractivity contribution < 1.29 is 18.0 Å². The average Bonchev–Trinajstić information content (AvgIpc) is 3.19. The van der Waals surface area contributed by atoms with Crippen LogP contribution in [0.5, 0.6) is 0 Å². The van der Waals surface area contributed by atoms with Crippen LogP contribution in [-0.2, 0) is 17.4 Å². The highest BCUT2D eigenvalue weighted by molar-refractivity contribution is 7.09. The average molecular weight is 390 g/mol. The van der Waals surface area contributed by atoms with Gasteiger partial charge in [0, 0.05) is 11.3 Å². The van der Waals surface area contributed by atoms with E-state index < -0.39 is 11.9 Å². The molecule has 138 valence electrons. The molecule has 27 heavy (non-hydrogen) atoms. The van der Waals surface area contributed by atoms with Gasteiger partial charge >= 0.3 is 6.18 Å². The number of anilines is 1. The lowest BCUT2D eigenvalue weighted by atomic mass is 10.2. The van der Waals surface area contributed by atoms with Gasteiger partial charge < -0.3 is 0 Å². The third-order valence-corrected chi connectivity index (χ3v) is 4.95. The van der Waals surface area contributed by atoms with E-state index in [0.717, 1.165) is 10.9 Å². The smallest absolute Gasteiger partial charge is 0.296 e. The van der Waals surface area contributed by atoms with E-state index in [1.54, 1.807) is 29.6 Å². The Morgan fingerprint density at radius 1 is 1.22 bits per heavy atom. The number of imidazole rings is 1. The summed E-state index contributed by atoms with van der Waals surface area (Å²) >= 11 is 1.56. The van der Waals surface area contributed by atoms with Crippen LogP contribution in [-0.4, -0.2) is 20.4 Å². The van der Waals surface area contributed by atoms with Crippen molar-refractivity contribution in [2.24, 2.45) is 0 Å². The van der Waals surface area contributed by atoms with Crippen LogP contribution in [0, 0.1) is 0 Å². The minimum Gasteiger partial charge on any atom is -0.296 e. The number of carbonyl (C=O) groups is 1. The zero-order valence-corrected chi connectivity index (χ0v) is 14.6. The fourth-order valence-electron chi connectivity index (χ4n) is 2.65. The van der Waals surface area contributed by atoms with Gasteiger partial charge in [-0.1, -0.05) is 12.1 Å². The number of amides is 1. The maximum absolute atomic E-state index is 13.0. The van der Waals surface area contributed by atoms with E-state index in [0.29, 0.717) is 12.1 Å². The molecule has 1 aliphatic carbocycles. The maximum atomic E-state index is 13.0. The van der Waals surface area contributed by atoms with Crippen molar-refractivity contribution in [3.05, 3.63) is 58.4 Å². The Hall–Kier alpha value is -2.94. The number of carbonyl (C=O) groups excluding carboxylic acids is 1. The fourth-order valence-corrected chi connectivity index (χ4v) is 3.36. The molecule has 3 heterocycles. The molecule has 1 N–H and O–H groups in total. The van der Waals surface area contributed by atoms with Crippen LogP contribution in [0.2, 0.25) is 0 Å². The lowest BCUT2D eigenvalue weighted by molar-refractivity contribution is -0.141. The van der Waals surface area contributed by atoms with Crippen LogP contribution < -0.4 is 5.32 Å². The number of nitrogens with one attached hydrogen (secondary N) is 1. The lowest BCUT2D eigenvalue weighted by Gasteiger charge is -2.14. The molecule has 0 atom stereocenters. The van der Waals surface area contributed by atoms with E-state index in [2.05, 4.69) is 15.3 Å². The van der Waals surface area contributed by atoms with E-state index in [1.807, 2.05) is 17.5 Å². The zero-order valence-electron chi connectivity index (χ0n) is 13.8. The number of aryl methyl sites for hydroxylation is 1. The Kier molecular flexibility index (Phi) is 4.31. The Morgan fingerprint density at radius 3 is 2.67 bits per heavy atom. The molecular formula is C18H13F3N4OS. The normalized spacial score (nSPS) is 13.5. The summed E-state index contributed by atoms with van der Waals surface area (Å²) in [5.74, 6) is -0.108. The summed E-state index contributed by atoms with van der Waals surface area (Å²) in [6.45, 7) is 0. The monoisotopic (exact) mass is 390 g/mol. The van der Waals surface area contributed by atoms with Gasteiger partial charge in [0.2, 0.25) is 11.9 Å². The lowest BCUT2D eigenvalue weighted by Crippen LogP contribution is -2.16. The van der Waals surface area contributed by atoms with E-state index in [1.165, 1.54) is 10.6 Å². The first kappa shape index (κ1) is 17.5. The number of fused-ring (bicyclic) bond motifs is 1. The molecule has 0 unspecified atom stereocenters. The molecule has 0 bridgehead atoms. The summed E-state index contributed by atoms with van der Waals surface area (Å²) in [6.07, 6.45) is 1.45. The third kappa shape index (κ3) is 3.50. The first-order valence-electron chi connectivity index (χ1n) is 8.09. The van der Waals surface area contributed by atoms with Gasteiger partial charge in [-0.3, -0.25) is 14.7 Å². The van der Waals surface area contributed by atoms with Gasteiger partial charge in [-0.25, -0.2) is 9.97 Å². The van der Waals surface area contributed by atoms with E-state index in [-0.39, 0.29) is 29.4 Å². The molecule has 3 aromatic heterocycles. The van der Waals surface area contributed by atoms with Crippen molar-refractivity contribution in [3.8, 4) is 0 Å². The number of halogens is 3. The molecule has 0 aliphatic heterocycles. The highest BCUT2D eigenvalue weighted by Gasteiger charge is 2.33. The van der Waals surface area contributed by atoms with Crippen LogP contribution in [0.1, 0.15) is 17.0 Å². The molecule has 5 nitrogen and oxygen atoms in total. The molecule has 1 aliphatic rings. The molecule has 4 rings (SSSR count). The van der Waals surface area contributed by atoms with Crippen LogP contribution in [0.4, 0.5) is 19.1 Å². The number of alkyl halides is 3. The van der Waals surface area contributed by atoms with Crippen molar-refractivity contribution in [2.45, 2.75) is 19.0 Å². The molecule has 3 aromatic rings. The molecule has 9 heteroatoms. The van der Waals surface area contributed by atoms with Gasteiger partial charge in [0.15, 0.2) is 5.65 Å². The summed E-state index contributed by atoms with van der Waals surface area (Å²) < 4.78 is 40.4. The zero-order chi connectivity index (χ0) is 19.0. The number of allylic oxidation sites excluding steroid dienone is 4. The molecule has 1 amide bonds. The van der Waals surface area contributed by atoms with Crippen LogP contribution >= 0.6 is 11.3 Å². The topological polar surface area (TPSA) is 59.8 Å². The highest BCUT2D eigenvalue weighted by atomic mass is 32.1. The van der Waals surface area contributed by atoms with Crippen LogP contribution in [0.15, 0.2) is 47.9 Å². The maximum Gasteiger partial charge on any atom is 0.433 e. The van der Waals surface area contributed by atoms with Gasteiger partial charge in [0.05, 0.1) is 5.70 Å². The SMILES string of the molecule is O=C(CCc1cccs1)Nc1nc2ccc(C(F)(F)F)nc2n1C1=CC=C1. The first-order valence-corrected chi connectivity index (χ1v) is 8.97. The van der Waals surface area contributed by atoms with E-state index in [4.69, 9.17) is 0 Å². The number of hydrogen-bond donors (Lipinski definition) is 1. The molecular weight excluding hydrogens is 377 g/mol. The Balaban J connectivity index is 1.64. The van der Waals surface area contributed by atoms with Crippen molar-refractivity contribution in [1.82, 2.24) is 14.5 Å². The van der Waals surface area contributed by atoms with Gasteiger partial charge in [0.25, 0.3) is 0 Å². The summed E-state index contributed by atoms with van der Waals surface area (Å²) in [5, 5.41) is 4.63. The standard InChI is InChI=1S/C18H13F3N4OS/c19-18(20,21)14-8-7-13-16(23-14)25(11-3-1-4-11)17(22-13)24-15(26)9-6-12-5-2-10-27-12/h1-5,7-8,10H,6,9H2,(H,22,24,26). The van der Waals surface area contributed by atoms with Crippen LogP contribution in [0.25, 0.3) is 16.9 Å². The second-order valence-electron chi connectivity index (χ2n) is 5.89. The van der Waals surface area contributed by atoms with Gasteiger partial charge in [-0.05, 0) is 42.2 Å². The summed E-state index contributed by atoms with van der Waals surface area (Å²) in [4.78, 5) is 21.3. The van der Waals surface area contributed by atoms with E-state index in [9.17, 15) is 18.0 Å². The minimum absolute atomic E-state index is 0.0500. The van der Waals surface area contributed by atoms with Gasteiger partial charge in [0.1, 0.15) is 11.2 Å². The van der Waals surface area contributed by atoms with Crippen molar-refractivity contribution in [1.29, 1.82) is 0 Å². The second-order valence-corrected chi connectivity index (χ2v) is 6.92. The van der Waals surface area contributed by atoms with Gasteiger partial charge in [-0.15, -0.1) is 11.3 Å². The number of aromatic nitrogens is 3. The summed E-state index contributed by atoms with van der Waals surface area (Å²) in [6, 6.07) is 6.00. The molecule has 0 spiro atoms. The Morgan fingerprint density at radius 2 is 2.04 bits per heavy atom. The van der Waals surface area contributed by atoms with Crippen molar-refractivity contribution >= 4 is 40.1 Å².